The minimum Gasteiger partial charge on any atom is -0.229 e. The first-order chi connectivity index (χ1) is 9.83. The van der Waals surface area contributed by atoms with Gasteiger partial charge in [-0.2, -0.15) is 0 Å². The van der Waals surface area contributed by atoms with Crippen LogP contribution in [0.15, 0.2) is 70.6 Å². The lowest BCUT2D eigenvalue weighted by atomic mass is 10.2. The van der Waals surface area contributed by atoms with E-state index in [1.165, 1.54) is 0 Å². The first kappa shape index (κ1) is 14.9. The van der Waals surface area contributed by atoms with Gasteiger partial charge in [0.25, 0.3) is 0 Å². The maximum atomic E-state index is 4.67. The van der Waals surface area contributed by atoms with Crippen molar-refractivity contribution in [2.75, 3.05) is 12.5 Å². The van der Waals surface area contributed by atoms with Gasteiger partial charge in [0.05, 0.1) is 5.69 Å². The van der Waals surface area contributed by atoms with Gasteiger partial charge >= 0.3 is 0 Å². The van der Waals surface area contributed by atoms with Crippen molar-refractivity contribution in [2.24, 2.45) is 9.98 Å². The predicted molar refractivity (Wildman–Crippen MR) is 93.5 cm³/mol. The molecule has 0 spiro atoms. The van der Waals surface area contributed by atoms with Gasteiger partial charge in [-0.3, -0.25) is 0 Å². The molecule has 0 amide bonds. The van der Waals surface area contributed by atoms with Crippen molar-refractivity contribution in [3.63, 3.8) is 0 Å². The second-order valence-electron chi connectivity index (χ2n) is 3.92. The number of amidine groups is 1. The summed E-state index contributed by atoms with van der Waals surface area (Å²) in [6.07, 6.45) is 4.06. The first-order valence-corrected chi connectivity index (χ1v) is 8.64. The summed E-state index contributed by atoms with van der Waals surface area (Å²) in [4.78, 5) is 9.34. The van der Waals surface area contributed by atoms with E-state index < -0.39 is 0 Å². The molecule has 0 atom stereocenters. The molecule has 0 aromatic heterocycles. The molecule has 0 unspecified atom stereocenters. The van der Waals surface area contributed by atoms with E-state index in [4.69, 9.17) is 0 Å². The van der Waals surface area contributed by atoms with Crippen molar-refractivity contribution in [1.29, 1.82) is 0 Å². The zero-order valence-corrected chi connectivity index (χ0v) is 13.1. The molecule has 2 aromatic rings. The van der Waals surface area contributed by atoms with Gasteiger partial charge < -0.3 is 0 Å². The third kappa shape index (κ3) is 4.25. The van der Waals surface area contributed by atoms with Crippen LogP contribution < -0.4 is 0 Å². The van der Waals surface area contributed by atoms with Crippen molar-refractivity contribution < 1.29 is 0 Å². The number of benzene rings is 2. The SMILES string of the molecule is CSC(=NC(=Nc1ccccc1)c1ccccc1)SC. The molecule has 20 heavy (non-hydrogen) atoms. The molecule has 2 nitrogen and oxygen atoms in total. The number of hydrogen-bond acceptors (Lipinski definition) is 3. The number of hydrogen-bond donors (Lipinski definition) is 0. The first-order valence-electron chi connectivity index (χ1n) is 6.19. The molecule has 0 aliphatic heterocycles. The fourth-order valence-electron chi connectivity index (χ4n) is 1.63. The van der Waals surface area contributed by atoms with Crippen molar-refractivity contribution in [1.82, 2.24) is 0 Å². The Morgan fingerprint density at radius 1 is 0.800 bits per heavy atom. The molecule has 0 heterocycles. The number of thioether (sulfide) groups is 2. The largest absolute Gasteiger partial charge is 0.229 e. The highest BCUT2D eigenvalue weighted by Gasteiger charge is 2.04. The second-order valence-corrected chi connectivity index (χ2v) is 5.77. The maximum absolute atomic E-state index is 4.67. The summed E-state index contributed by atoms with van der Waals surface area (Å²) in [7, 11) is 0. The maximum Gasteiger partial charge on any atom is 0.161 e. The summed E-state index contributed by atoms with van der Waals surface area (Å²) in [5.74, 6) is 0.746. The van der Waals surface area contributed by atoms with E-state index in [-0.39, 0.29) is 0 Å². The zero-order valence-electron chi connectivity index (χ0n) is 11.5. The van der Waals surface area contributed by atoms with Crippen LogP contribution in [0, 0.1) is 0 Å². The summed E-state index contributed by atoms with van der Waals surface area (Å²) in [5, 5.41) is 0. The molecule has 0 N–H and O–H groups in total. The van der Waals surface area contributed by atoms with E-state index in [0.717, 1.165) is 21.5 Å². The summed E-state index contributed by atoms with van der Waals surface area (Å²) < 4.78 is 1.00. The molecule has 2 rings (SSSR count). The van der Waals surface area contributed by atoms with Crippen LogP contribution in [0.4, 0.5) is 5.69 Å². The van der Waals surface area contributed by atoms with Crippen LogP contribution in [0.3, 0.4) is 0 Å². The zero-order chi connectivity index (χ0) is 14.2. The molecule has 2 aromatic carbocycles. The fraction of sp³-hybridized carbons (Fsp3) is 0.125. The van der Waals surface area contributed by atoms with Crippen LogP contribution in [0.5, 0.6) is 0 Å². The third-order valence-electron chi connectivity index (χ3n) is 2.57. The summed E-state index contributed by atoms with van der Waals surface area (Å²) in [5.41, 5.74) is 1.94. The highest BCUT2D eigenvalue weighted by atomic mass is 32.2. The Morgan fingerprint density at radius 2 is 1.35 bits per heavy atom. The quantitative estimate of drug-likeness (QED) is 0.585. The predicted octanol–water partition coefficient (Wildman–Crippen LogP) is 4.85. The molecule has 0 fully saturated rings. The molecule has 0 aliphatic carbocycles. The summed E-state index contributed by atoms with van der Waals surface area (Å²) in [6.45, 7) is 0. The van der Waals surface area contributed by atoms with Gasteiger partial charge in [-0.25, -0.2) is 9.98 Å². The topological polar surface area (TPSA) is 24.7 Å². The molecule has 0 saturated heterocycles. The number of rotatable bonds is 2. The van der Waals surface area contributed by atoms with Crippen LogP contribution >= 0.6 is 23.5 Å². The van der Waals surface area contributed by atoms with Gasteiger partial charge in [-0.1, -0.05) is 48.5 Å². The molecule has 0 radical (unpaired) electrons. The summed E-state index contributed by atoms with van der Waals surface area (Å²) in [6, 6.07) is 20.0. The Kier molecular flexibility index (Phi) is 5.89. The number of nitrogens with zero attached hydrogens (tertiary/aromatic N) is 2. The van der Waals surface area contributed by atoms with E-state index in [9.17, 15) is 0 Å². The Morgan fingerprint density at radius 3 is 1.90 bits per heavy atom. The third-order valence-corrected chi connectivity index (χ3v) is 4.45. The van der Waals surface area contributed by atoms with Gasteiger partial charge in [-0.15, -0.1) is 23.5 Å². The molecule has 0 saturated carbocycles. The normalized spacial score (nSPS) is 11.2. The molecule has 102 valence electrons. The van der Waals surface area contributed by atoms with Crippen LogP contribution in [0.2, 0.25) is 0 Å². The fourth-order valence-corrected chi connectivity index (χ4v) is 2.65. The lowest BCUT2D eigenvalue weighted by molar-refractivity contribution is 1.45. The van der Waals surface area contributed by atoms with Crippen LogP contribution in [-0.4, -0.2) is 22.7 Å². The number of para-hydroxylation sites is 1. The Bertz CT molecular complexity index is 586. The molecular weight excluding hydrogens is 284 g/mol. The smallest absolute Gasteiger partial charge is 0.161 e. The highest BCUT2D eigenvalue weighted by molar-refractivity contribution is 8.38. The van der Waals surface area contributed by atoms with E-state index in [0.29, 0.717) is 0 Å². The minimum absolute atomic E-state index is 0.746. The Hall–Kier alpha value is -1.52. The lowest BCUT2D eigenvalue weighted by Gasteiger charge is -2.04. The van der Waals surface area contributed by atoms with E-state index in [1.54, 1.807) is 23.5 Å². The van der Waals surface area contributed by atoms with Gasteiger partial charge in [-0.05, 0) is 24.6 Å². The van der Waals surface area contributed by atoms with Crippen molar-refractivity contribution in [3.05, 3.63) is 66.2 Å². The molecular formula is C16H16N2S2. The van der Waals surface area contributed by atoms with Crippen LogP contribution in [0.1, 0.15) is 5.56 Å². The molecule has 0 bridgehead atoms. The monoisotopic (exact) mass is 300 g/mol. The average molecular weight is 300 g/mol. The van der Waals surface area contributed by atoms with Crippen molar-refractivity contribution in [2.45, 2.75) is 0 Å². The van der Waals surface area contributed by atoms with E-state index >= 15 is 0 Å². The highest BCUT2D eigenvalue weighted by Crippen LogP contribution is 2.17. The minimum atomic E-state index is 0.746. The lowest BCUT2D eigenvalue weighted by Crippen LogP contribution is -1.99. The molecule has 4 heteroatoms. The standard InChI is InChI=1S/C16H16N2S2/c1-19-16(20-2)18-15(13-9-5-3-6-10-13)17-14-11-7-4-8-12-14/h3-12H,1-2H3. The number of aliphatic imine (C=N–C) groups is 2. The molecule has 0 aliphatic rings. The van der Waals surface area contributed by atoms with Crippen LogP contribution in [-0.2, 0) is 0 Å². The summed E-state index contributed by atoms with van der Waals surface area (Å²) >= 11 is 3.27. The van der Waals surface area contributed by atoms with Gasteiger partial charge in [0, 0.05) is 5.56 Å². The average Bonchev–Trinajstić information content (AvgIpc) is 2.53. The Balaban J connectivity index is 2.45. The van der Waals surface area contributed by atoms with E-state index in [1.807, 2.05) is 73.2 Å². The van der Waals surface area contributed by atoms with Gasteiger partial charge in [0.15, 0.2) is 5.84 Å². The Labute approximate surface area is 128 Å². The van der Waals surface area contributed by atoms with Gasteiger partial charge in [0.2, 0.25) is 0 Å². The van der Waals surface area contributed by atoms with Gasteiger partial charge in [0.1, 0.15) is 4.38 Å². The van der Waals surface area contributed by atoms with Crippen LogP contribution in [0.25, 0.3) is 0 Å². The van der Waals surface area contributed by atoms with Crippen molar-refractivity contribution in [3.8, 4) is 0 Å². The van der Waals surface area contributed by atoms with E-state index in [2.05, 4.69) is 9.98 Å². The van der Waals surface area contributed by atoms with Crippen molar-refractivity contribution >= 4 is 39.4 Å². The second kappa shape index (κ2) is 7.92.